The molecule has 1 heterocycles. The summed E-state index contributed by atoms with van der Waals surface area (Å²) in [5.41, 5.74) is 2.02. The smallest absolute Gasteiger partial charge is 0.164 e. The first-order valence-electron chi connectivity index (χ1n) is 6.29. The summed E-state index contributed by atoms with van der Waals surface area (Å²) in [6.45, 7) is 0.240. The first-order valence-corrected chi connectivity index (χ1v) is 6.29. The van der Waals surface area contributed by atoms with Crippen LogP contribution in [0.25, 0.3) is 0 Å². The number of carbonyl (C=O) groups excluding carboxylic acids is 1. The third-order valence-electron chi connectivity index (χ3n) is 3.47. The lowest BCUT2D eigenvalue weighted by Crippen LogP contribution is -2.07. The van der Waals surface area contributed by atoms with Crippen LogP contribution in [0.2, 0.25) is 0 Å². The second kappa shape index (κ2) is 4.61. The quantitative estimate of drug-likeness (QED) is 0.812. The standard InChI is InChI=1S/C15H13F2NO/c16-12-4-5-14(17)11(6-12)8-18-7-10-2-1-3-15(19)13(10)9-18/h4-7,9H,1-3,8H2. The lowest BCUT2D eigenvalue weighted by Gasteiger charge is -2.07. The van der Waals surface area contributed by atoms with Crippen LogP contribution in [0.15, 0.2) is 30.6 Å². The summed E-state index contributed by atoms with van der Waals surface area (Å²) in [6, 6.07) is 3.42. The van der Waals surface area contributed by atoms with Crippen LogP contribution >= 0.6 is 0 Å². The molecule has 0 N–H and O–H groups in total. The van der Waals surface area contributed by atoms with Gasteiger partial charge < -0.3 is 4.57 Å². The molecule has 1 aromatic heterocycles. The number of aryl methyl sites for hydroxylation is 1. The lowest BCUT2D eigenvalue weighted by atomic mass is 9.95. The molecule has 4 heteroatoms. The molecule has 0 atom stereocenters. The van der Waals surface area contributed by atoms with Crippen LogP contribution in [0.4, 0.5) is 8.78 Å². The molecule has 19 heavy (non-hydrogen) atoms. The van der Waals surface area contributed by atoms with Gasteiger partial charge in [-0.25, -0.2) is 8.78 Å². The zero-order valence-electron chi connectivity index (χ0n) is 10.3. The molecule has 1 aromatic carbocycles. The Hall–Kier alpha value is -1.97. The number of rotatable bonds is 2. The molecule has 1 aliphatic rings. The molecular weight excluding hydrogens is 248 g/mol. The van der Waals surface area contributed by atoms with E-state index in [1.807, 2.05) is 6.20 Å². The van der Waals surface area contributed by atoms with E-state index in [-0.39, 0.29) is 12.3 Å². The number of nitrogens with zero attached hydrogens (tertiary/aromatic N) is 1. The fourth-order valence-electron chi connectivity index (χ4n) is 2.53. The van der Waals surface area contributed by atoms with E-state index in [9.17, 15) is 13.6 Å². The summed E-state index contributed by atoms with van der Waals surface area (Å²) < 4.78 is 28.4. The molecule has 2 aromatic rings. The van der Waals surface area contributed by atoms with Gasteiger partial charge in [0.1, 0.15) is 11.6 Å². The highest BCUT2D eigenvalue weighted by Gasteiger charge is 2.19. The highest BCUT2D eigenvalue weighted by Crippen LogP contribution is 2.23. The fraction of sp³-hybridized carbons (Fsp3) is 0.267. The van der Waals surface area contributed by atoms with Gasteiger partial charge in [0.2, 0.25) is 0 Å². The minimum absolute atomic E-state index is 0.139. The van der Waals surface area contributed by atoms with Gasteiger partial charge in [-0.3, -0.25) is 4.79 Å². The van der Waals surface area contributed by atoms with E-state index in [0.717, 1.165) is 36.1 Å². The van der Waals surface area contributed by atoms with Gasteiger partial charge >= 0.3 is 0 Å². The monoisotopic (exact) mass is 261 g/mol. The molecule has 0 saturated carbocycles. The molecule has 0 spiro atoms. The zero-order valence-corrected chi connectivity index (χ0v) is 10.3. The van der Waals surface area contributed by atoms with Crippen LogP contribution in [0.1, 0.15) is 34.3 Å². The Morgan fingerprint density at radius 3 is 2.79 bits per heavy atom. The molecule has 3 rings (SSSR count). The molecule has 0 bridgehead atoms. The zero-order chi connectivity index (χ0) is 13.4. The topological polar surface area (TPSA) is 22.0 Å². The van der Waals surface area contributed by atoms with Crippen LogP contribution in [0.3, 0.4) is 0 Å². The summed E-state index contributed by atoms with van der Waals surface area (Å²) in [6.07, 6.45) is 5.91. The van der Waals surface area contributed by atoms with E-state index in [2.05, 4.69) is 0 Å². The Balaban J connectivity index is 1.92. The predicted octanol–water partition coefficient (Wildman–Crippen LogP) is 3.33. The third-order valence-corrected chi connectivity index (χ3v) is 3.47. The van der Waals surface area contributed by atoms with E-state index in [0.29, 0.717) is 12.0 Å². The third kappa shape index (κ3) is 2.30. The van der Waals surface area contributed by atoms with E-state index in [1.54, 1.807) is 10.8 Å². The number of hydrogen-bond acceptors (Lipinski definition) is 1. The van der Waals surface area contributed by atoms with E-state index < -0.39 is 11.6 Å². The normalized spacial score (nSPS) is 14.5. The van der Waals surface area contributed by atoms with Gasteiger partial charge in [-0.05, 0) is 36.6 Å². The van der Waals surface area contributed by atoms with Gasteiger partial charge in [0.05, 0.1) is 6.54 Å². The van der Waals surface area contributed by atoms with Gasteiger partial charge in [-0.15, -0.1) is 0 Å². The number of carbonyl (C=O) groups is 1. The summed E-state index contributed by atoms with van der Waals surface area (Å²) in [5, 5.41) is 0. The van der Waals surface area contributed by atoms with Crippen molar-refractivity contribution in [3.05, 3.63) is 58.9 Å². The average Bonchev–Trinajstić information content (AvgIpc) is 2.78. The second-order valence-corrected chi connectivity index (χ2v) is 4.88. The highest BCUT2D eigenvalue weighted by molar-refractivity contribution is 5.98. The maximum atomic E-state index is 13.6. The van der Waals surface area contributed by atoms with Crippen molar-refractivity contribution in [2.75, 3.05) is 0 Å². The molecule has 0 aliphatic heterocycles. The van der Waals surface area contributed by atoms with Crippen LogP contribution in [-0.4, -0.2) is 10.4 Å². The van der Waals surface area contributed by atoms with Crippen molar-refractivity contribution >= 4 is 5.78 Å². The average molecular weight is 261 g/mol. The van der Waals surface area contributed by atoms with Crippen molar-refractivity contribution in [2.45, 2.75) is 25.8 Å². The van der Waals surface area contributed by atoms with Gasteiger partial charge in [0.25, 0.3) is 0 Å². The van der Waals surface area contributed by atoms with Crippen LogP contribution in [0.5, 0.6) is 0 Å². The Kier molecular flexibility index (Phi) is 2.93. The van der Waals surface area contributed by atoms with Crippen molar-refractivity contribution in [3.63, 3.8) is 0 Å². The Morgan fingerprint density at radius 2 is 2.00 bits per heavy atom. The highest BCUT2D eigenvalue weighted by atomic mass is 19.1. The number of hydrogen-bond donors (Lipinski definition) is 0. The summed E-state index contributed by atoms with van der Waals surface area (Å²) in [4.78, 5) is 11.7. The second-order valence-electron chi connectivity index (χ2n) is 4.88. The number of benzene rings is 1. The summed E-state index contributed by atoms with van der Waals surface area (Å²) in [5.74, 6) is -0.747. The van der Waals surface area contributed by atoms with Crippen molar-refractivity contribution in [2.24, 2.45) is 0 Å². The van der Waals surface area contributed by atoms with Crippen LogP contribution in [-0.2, 0) is 13.0 Å². The first kappa shape index (κ1) is 12.1. The maximum absolute atomic E-state index is 13.6. The Labute approximate surface area is 109 Å². The van der Waals surface area contributed by atoms with Crippen LogP contribution < -0.4 is 0 Å². The molecular formula is C15H13F2NO. The lowest BCUT2D eigenvalue weighted by molar-refractivity contribution is 0.0973. The van der Waals surface area contributed by atoms with Gasteiger partial charge in [-0.2, -0.15) is 0 Å². The minimum atomic E-state index is -0.454. The van der Waals surface area contributed by atoms with Crippen molar-refractivity contribution in [1.29, 1.82) is 0 Å². The summed E-state index contributed by atoms with van der Waals surface area (Å²) >= 11 is 0. The molecule has 2 nitrogen and oxygen atoms in total. The largest absolute Gasteiger partial charge is 0.349 e. The minimum Gasteiger partial charge on any atom is -0.349 e. The van der Waals surface area contributed by atoms with E-state index in [1.165, 1.54) is 6.07 Å². The molecule has 0 saturated heterocycles. The van der Waals surface area contributed by atoms with E-state index >= 15 is 0 Å². The number of Topliss-reactive ketones (excluding diaryl/α,β-unsaturated/α-hetero) is 1. The van der Waals surface area contributed by atoms with E-state index in [4.69, 9.17) is 0 Å². The maximum Gasteiger partial charge on any atom is 0.164 e. The number of aromatic nitrogens is 1. The molecule has 0 fully saturated rings. The SMILES string of the molecule is O=C1CCCc2cn(Cc3cc(F)ccc3F)cc21. The first-order chi connectivity index (χ1) is 9.13. The van der Waals surface area contributed by atoms with Gasteiger partial charge in [0, 0.05) is 29.9 Å². The number of fused-ring (bicyclic) bond motifs is 1. The fourth-order valence-corrected chi connectivity index (χ4v) is 2.53. The number of ketones is 1. The molecule has 1 aliphatic carbocycles. The van der Waals surface area contributed by atoms with Crippen molar-refractivity contribution < 1.29 is 13.6 Å². The van der Waals surface area contributed by atoms with Crippen molar-refractivity contribution in [3.8, 4) is 0 Å². The van der Waals surface area contributed by atoms with Crippen molar-refractivity contribution in [1.82, 2.24) is 4.57 Å². The molecule has 0 unspecified atom stereocenters. The Bertz CT molecular complexity index is 646. The molecule has 0 amide bonds. The van der Waals surface area contributed by atoms with Crippen LogP contribution in [0, 0.1) is 11.6 Å². The molecule has 0 radical (unpaired) electrons. The van der Waals surface area contributed by atoms with Gasteiger partial charge in [-0.1, -0.05) is 0 Å². The predicted molar refractivity (Wildman–Crippen MR) is 67.2 cm³/mol. The summed E-state index contributed by atoms with van der Waals surface area (Å²) in [7, 11) is 0. The Morgan fingerprint density at radius 1 is 1.16 bits per heavy atom. The van der Waals surface area contributed by atoms with Gasteiger partial charge in [0.15, 0.2) is 5.78 Å². The number of halogens is 2. The molecule has 98 valence electrons.